The lowest BCUT2D eigenvalue weighted by Gasteiger charge is -1.94. The van der Waals surface area contributed by atoms with E-state index in [0.29, 0.717) is 0 Å². The van der Waals surface area contributed by atoms with Crippen molar-refractivity contribution >= 4 is 19.2 Å². The summed E-state index contributed by atoms with van der Waals surface area (Å²) in [5.74, 6) is 0. The summed E-state index contributed by atoms with van der Waals surface area (Å²) in [4.78, 5) is 0. The second-order valence-corrected chi connectivity index (χ2v) is 3.04. The van der Waals surface area contributed by atoms with Gasteiger partial charge in [0.05, 0.1) is 0 Å². The molecular formula is C10H10BF4N. The molecule has 1 nitrogen and oxygen atoms in total. The zero-order valence-electron chi connectivity index (χ0n) is 8.36. The highest BCUT2D eigenvalue weighted by atomic mass is 19.5. The highest BCUT2D eigenvalue weighted by Crippen LogP contribution is 2.12. The quantitative estimate of drug-likeness (QED) is 0.394. The van der Waals surface area contributed by atoms with Crippen molar-refractivity contribution < 1.29 is 21.8 Å². The smallest absolute Gasteiger partial charge is 0.418 e. The Morgan fingerprint density at radius 1 is 1.00 bits per heavy atom. The Morgan fingerprint density at radius 2 is 1.56 bits per heavy atom. The average Bonchev–Trinajstić information content (AvgIpc) is 2.69. The van der Waals surface area contributed by atoms with Crippen molar-refractivity contribution in [3.8, 4) is 0 Å². The number of halogens is 4. The lowest BCUT2D eigenvalue weighted by atomic mass is 10.3. The van der Waals surface area contributed by atoms with Crippen LogP contribution in [0.1, 0.15) is 6.42 Å². The van der Waals surface area contributed by atoms with Gasteiger partial charge in [-0.3, -0.25) is 0 Å². The first-order chi connectivity index (χ1) is 7.47. The standard InChI is InChI=1S/C10H10N.BF4/c1-2-6-10(7-3-1)11-8-4-5-9-11;2-1(3,4)5/h1-4,6-9H,5H2;/q+1;-1. The fourth-order valence-electron chi connectivity index (χ4n) is 1.20. The minimum absolute atomic E-state index is 1.05. The van der Waals surface area contributed by atoms with Crippen molar-refractivity contribution in [1.82, 2.24) is 0 Å². The van der Waals surface area contributed by atoms with Crippen molar-refractivity contribution in [2.45, 2.75) is 6.42 Å². The summed E-state index contributed by atoms with van der Waals surface area (Å²) in [6, 6.07) is 10.3. The second kappa shape index (κ2) is 5.49. The minimum Gasteiger partial charge on any atom is -0.418 e. The van der Waals surface area contributed by atoms with E-state index < -0.39 is 7.25 Å². The molecule has 0 spiro atoms. The number of benzene rings is 1. The van der Waals surface area contributed by atoms with Gasteiger partial charge in [-0.25, -0.2) is 0 Å². The maximum absolute atomic E-state index is 9.75. The van der Waals surface area contributed by atoms with Crippen molar-refractivity contribution in [3.63, 3.8) is 0 Å². The van der Waals surface area contributed by atoms with E-state index in [1.807, 2.05) is 6.07 Å². The van der Waals surface area contributed by atoms with Gasteiger partial charge in [-0.05, 0) is 6.08 Å². The fourth-order valence-corrected chi connectivity index (χ4v) is 1.20. The number of hydrogen-bond donors (Lipinski definition) is 0. The Labute approximate surface area is 90.8 Å². The van der Waals surface area contributed by atoms with E-state index >= 15 is 0 Å². The largest absolute Gasteiger partial charge is 0.673 e. The third-order valence-corrected chi connectivity index (χ3v) is 1.76. The lowest BCUT2D eigenvalue weighted by molar-refractivity contribution is -0.351. The Hall–Kier alpha value is -1.59. The van der Waals surface area contributed by atoms with Crippen LogP contribution in [0, 0.1) is 0 Å². The topological polar surface area (TPSA) is 3.01 Å². The van der Waals surface area contributed by atoms with Crippen LogP contribution in [0.3, 0.4) is 0 Å². The highest BCUT2D eigenvalue weighted by molar-refractivity contribution is 6.50. The Balaban J connectivity index is 0.000000221. The first-order valence-electron chi connectivity index (χ1n) is 4.67. The molecule has 0 unspecified atom stereocenters. The summed E-state index contributed by atoms with van der Waals surface area (Å²) in [5.41, 5.74) is 1.24. The van der Waals surface area contributed by atoms with Crippen LogP contribution in [0.25, 0.3) is 0 Å². The van der Waals surface area contributed by atoms with Gasteiger partial charge >= 0.3 is 7.25 Å². The van der Waals surface area contributed by atoms with Gasteiger partial charge in [0.2, 0.25) is 5.69 Å². The molecular weight excluding hydrogens is 221 g/mol. The van der Waals surface area contributed by atoms with Gasteiger partial charge < -0.3 is 17.3 Å². The summed E-state index contributed by atoms with van der Waals surface area (Å²) >= 11 is 0. The third-order valence-electron chi connectivity index (χ3n) is 1.76. The third kappa shape index (κ3) is 5.33. The van der Waals surface area contributed by atoms with Crippen molar-refractivity contribution in [3.05, 3.63) is 42.6 Å². The van der Waals surface area contributed by atoms with Crippen LogP contribution in [0.4, 0.5) is 23.0 Å². The lowest BCUT2D eigenvalue weighted by Crippen LogP contribution is -2.02. The molecule has 0 amide bonds. The molecule has 1 aromatic rings. The Bertz CT molecular complexity index is 378. The Kier molecular flexibility index (Phi) is 4.28. The molecule has 0 saturated carbocycles. The number of hydrogen-bond acceptors (Lipinski definition) is 0. The van der Waals surface area contributed by atoms with Crippen LogP contribution in [-0.4, -0.2) is 18.0 Å². The molecule has 0 fully saturated rings. The normalized spacial score (nSPS) is 14.1. The molecule has 1 aromatic carbocycles. The van der Waals surface area contributed by atoms with Crippen LogP contribution in [0.2, 0.25) is 0 Å². The van der Waals surface area contributed by atoms with Gasteiger partial charge in [-0.2, -0.15) is 4.58 Å². The van der Waals surface area contributed by atoms with Crippen molar-refractivity contribution in [2.75, 3.05) is 0 Å². The van der Waals surface area contributed by atoms with Crippen LogP contribution in [0.5, 0.6) is 0 Å². The maximum atomic E-state index is 9.75. The summed E-state index contributed by atoms with van der Waals surface area (Å²) in [5, 5.41) is 0. The second-order valence-electron chi connectivity index (χ2n) is 3.04. The monoisotopic (exact) mass is 231 g/mol. The van der Waals surface area contributed by atoms with E-state index in [2.05, 4.69) is 47.3 Å². The average molecular weight is 231 g/mol. The number of allylic oxidation sites excluding steroid dienone is 1. The predicted octanol–water partition coefficient (Wildman–Crippen LogP) is 3.62. The van der Waals surface area contributed by atoms with E-state index in [4.69, 9.17) is 0 Å². The van der Waals surface area contributed by atoms with E-state index in [0.717, 1.165) is 6.42 Å². The molecule has 0 aliphatic carbocycles. The fraction of sp³-hybridized carbons (Fsp3) is 0.100. The number of para-hydroxylation sites is 1. The molecule has 2 rings (SSSR count). The molecule has 0 saturated heterocycles. The zero-order chi connectivity index (χ0) is 12.0. The molecule has 0 aromatic heterocycles. The molecule has 1 heterocycles. The van der Waals surface area contributed by atoms with Crippen LogP contribution >= 0.6 is 0 Å². The van der Waals surface area contributed by atoms with Gasteiger partial charge in [-0.1, -0.05) is 18.2 Å². The zero-order valence-corrected chi connectivity index (χ0v) is 8.36. The molecule has 1 aliphatic heterocycles. The van der Waals surface area contributed by atoms with Crippen LogP contribution in [-0.2, 0) is 0 Å². The summed E-state index contributed by atoms with van der Waals surface area (Å²) in [7, 11) is -6.00. The molecule has 0 atom stereocenters. The van der Waals surface area contributed by atoms with Crippen LogP contribution in [0.15, 0.2) is 42.6 Å². The molecule has 86 valence electrons. The van der Waals surface area contributed by atoms with Gasteiger partial charge in [-0.15, -0.1) is 0 Å². The highest BCUT2D eigenvalue weighted by Gasteiger charge is 2.20. The van der Waals surface area contributed by atoms with Gasteiger partial charge in [0.25, 0.3) is 0 Å². The minimum atomic E-state index is -6.00. The summed E-state index contributed by atoms with van der Waals surface area (Å²) in [6.45, 7) is 0. The van der Waals surface area contributed by atoms with Gasteiger partial charge in [0.15, 0.2) is 12.4 Å². The number of nitrogens with zero attached hydrogens (tertiary/aromatic N) is 1. The van der Waals surface area contributed by atoms with Gasteiger partial charge in [0.1, 0.15) is 0 Å². The van der Waals surface area contributed by atoms with E-state index in [1.165, 1.54) is 5.69 Å². The predicted molar refractivity (Wildman–Crippen MR) is 56.4 cm³/mol. The molecule has 0 radical (unpaired) electrons. The summed E-state index contributed by atoms with van der Waals surface area (Å²) in [6.07, 6.45) is 7.45. The molecule has 16 heavy (non-hydrogen) atoms. The Morgan fingerprint density at radius 3 is 2.00 bits per heavy atom. The first kappa shape index (κ1) is 12.5. The van der Waals surface area contributed by atoms with Crippen LogP contribution < -0.4 is 0 Å². The maximum Gasteiger partial charge on any atom is 0.673 e. The molecule has 0 N–H and O–H groups in total. The van der Waals surface area contributed by atoms with Crippen molar-refractivity contribution in [1.29, 1.82) is 0 Å². The first-order valence-corrected chi connectivity index (χ1v) is 4.67. The SMILES string of the molecule is C1=C[N+](c2ccccc2)=CC1.F[B-](F)(F)F. The van der Waals surface area contributed by atoms with E-state index in [-0.39, 0.29) is 0 Å². The van der Waals surface area contributed by atoms with E-state index in [1.54, 1.807) is 0 Å². The molecule has 1 aliphatic rings. The number of rotatable bonds is 1. The molecule has 0 bridgehead atoms. The van der Waals surface area contributed by atoms with Crippen molar-refractivity contribution in [2.24, 2.45) is 0 Å². The summed E-state index contributed by atoms with van der Waals surface area (Å²) < 4.78 is 41.1. The van der Waals surface area contributed by atoms with Gasteiger partial charge in [0, 0.05) is 18.6 Å². The molecule has 6 heteroatoms. The van der Waals surface area contributed by atoms with E-state index in [9.17, 15) is 17.3 Å².